The number of nitrogens with zero attached hydrogens (tertiary/aromatic N) is 5. The molecule has 1 N–H and O–H groups in total. The maximum Gasteiger partial charge on any atom is 0.274 e. The molecule has 1 aromatic heterocycles. The van der Waals surface area contributed by atoms with Crippen LogP contribution in [0.2, 0.25) is 0 Å². The summed E-state index contributed by atoms with van der Waals surface area (Å²) in [7, 11) is 0. The van der Waals surface area contributed by atoms with Crippen LogP contribution in [0.25, 0.3) is 0 Å². The van der Waals surface area contributed by atoms with Gasteiger partial charge >= 0.3 is 0 Å². The summed E-state index contributed by atoms with van der Waals surface area (Å²) in [6.45, 7) is 3.86. The molecule has 2 saturated heterocycles. The summed E-state index contributed by atoms with van der Waals surface area (Å²) in [5.41, 5.74) is 3.51. The second kappa shape index (κ2) is 9.59. The lowest BCUT2D eigenvalue weighted by Crippen LogP contribution is -2.50. The lowest BCUT2D eigenvalue weighted by atomic mass is 10.0. The first-order chi connectivity index (χ1) is 18.2. The number of aliphatic hydroxyl groups excluding tert-OH is 1. The molecule has 204 valence electrons. The van der Waals surface area contributed by atoms with Crippen molar-refractivity contribution in [2.45, 2.75) is 57.3 Å². The second-order valence-corrected chi connectivity index (χ2v) is 11.0. The van der Waals surface area contributed by atoms with E-state index < -0.39 is 18.7 Å². The summed E-state index contributed by atoms with van der Waals surface area (Å²) in [5, 5.41) is 14.3. The Bertz CT molecular complexity index is 1260. The Morgan fingerprint density at radius 2 is 1.89 bits per heavy atom. The number of rotatable bonds is 5. The SMILES string of the molecule is Cc1c(C(F)F)cccc1N1CCN(C(=O)Cn2nc(C(=O)N3CC[C@H](O)[C@H](F)C3)c3c2C[C@H]2C[C@@H]32)CC1. The van der Waals surface area contributed by atoms with Crippen LogP contribution in [0.5, 0.6) is 0 Å². The molecule has 6 rings (SSSR count). The number of carbonyl (C=O) groups is 2. The summed E-state index contributed by atoms with van der Waals surface area (Å²) >= 11 is 0. The summed E-state index contributed by atoms with van der Waals surface area (Å²) in [6.07, 6.45) is -3.07. The van der Waals surface area contributed by atoms with E-state index in [1.807, 2.05) is 11.0 Å². The van der Waals surface area contributed by atoms with Crippen molar-refractivity contribution >= 4 is 17.5 Å². The summed E-state index contributed by atoms with van der Waals surface area (Å²) < 4.78 is 42.4. The number of fused-ring (bicyclic) bond motifs is 3. The van der Waals surface area contributed by atoms with Crippen LogP contribution in [0.1, 0.15) is 58.1 Å². The van der Waals surface area contributed by atoms with Gasteiger partial charge in [0.05, 0.1) is 12.6 Å². The normalized spacial score (nSPS) is 26.5. The van der Waals surface area contributed by atoms with Crippen molar-refractivity contribution in [3.8, 4) is 0 Å². The van der Waals surface area contributed by atoms with Gasteiger partial charge in [-0.05, 0) is 49.7 Å². The molecule has 3 heterocycles. The van der Waals surface area contributed by atoms with Crippen molar-refractivity contribution in [1.29, 1.82) is 0 Å². The highest BCUT2D eigenvalue weighted by Gasteiger charge is 2.51. The molecule has 0 radical (unpaired) electrons. The molecule has 2 aliphatic heterocycles. The Labute approximate surface area is 219 Å². The first-order valence-corrected chi connectivity index (χ1v) is 13.3. The van der Waals surface area contributed by atoms with Gasteiger partial charge in [-0.3, -0.25) is 14.3 Å². The molecule has 1 saturated carbocycles. The number of piperidine rings is 1. The highest BCUT2D eigenvalue weighted by molar-refractivity contribution is 5.95. The lowest BCUT2D eigenvalue weighted by molar-refractivity contribution is -0.132. The number of hydrogen-bond donors (Lipinski definition) is 1. The van der Waals surface area contributed by atoms with Gasteiger partial charge in [-0.2, -0.15) is 5.10 Å². The van der Waals surface area contributed by atoms with Crippen molar-refractivity contribution in [2.75, 3.05) is 44.2 Å². The van der Waals surface area contributed by atoms with Gasteiger partial charge in [-0.25, -0.2) is 13.2 Å². The van der Waals surface area contributed by atoms with Crippen molar-refractivity contribution in [2.24, 2.45) is 5.92 Å². The number of hydrogen-bond acceptors (Lipinski definition) is 5. The molecule has 0 bridgehead atoms. The van der Waals surface area contributed by atoms with Crippen LogP contribution in [-0.4, -0.2) is 88.0 Å². The molecule has 8 nitrogen and oxygen atoms in total. The van der Waals surface area contributed by atoms with E-state index in [0.717, 1.165) is 29.8 Å². The molecule has 4 atom stereocenters. The molecule has 38 heavy (non-hydrogen) atoms. The van der Waals surface area contributed by atoms with Gasteiger partial charge in [0.1, 0.15) is 12.7 Å². The predicted octanol–water partition coefficient (Wildman–Crippen LogP) is 2.68. The summed E-state index contributed by atoms with van der Waals surface area (Å²) in [5.74, 6) is 0.325. The van der Waals surface area contributed by atoms with Gasteiger partial charge < -0.3 is 19.8 Å². The molecule has 3 fully saturated rings. The third-order valence-corrected chi connectivity index (χ3v) is 8.68. The van der Waals surface area contributed by atoms with Crippen LogP contribution in [0.3, 0.4) is 0 Å². The van der Waals surface area contributed by atoms with E-state index in [0.29, 0.717) is 43.4 Å². The van der Waals surface area contributed by atoms with Crippen LogP contribution < -0.4 is 4.90 Å². The average Bonchev–Trinajstić information content (AvgIpc) is 3.43. The van der Waals surface area contributed by atoms with E-state index in [-0.39, 0.29) is 49.4 Å². The van der Waals surface area contributed by atoms with Gasteiger partial charge in [0, 0.05) is 55.2 Å². The standard InChI is InChI=1S/C27H32F3N5O3/c1-15-17(26(29)30)3-2-4-20(15)32-7-9-33(10-8-32)23(37)14-35-21-12-16-11-18(16)24(21)25(31-35)27(38)34-6-5-22(36)19(28)13-34/h2-4,16,18-19,22,26,36H,5-14H2,1H3/t16-,18-,19-,22+/m1/s1. The number of anilines is 1. The Morgan fingerprint density at radius 1 is 1.13 bits per heavy atom. The van der Waals surface area contributed by atoms with Crippen molar-refractivity contribution in [3.63, 3.8) is 0 Å². The average molecular weight is 532 g/mol. The Hall–Kier alpha value is -3.08. The topological polar surface area (TPSA) is 81.9 Å². The molecular formula is C27H32F3N5O3. The minimum absolute atomic E-state index is 0.0272. The van der Waals surface area contributed by atoms with Crippen LogP contribution in [0.15, 0.2) is 18.2 Å². The van der Waals surface area contributed by atoms with E-state index in [1.165, 1.54) is 11.0 Å². The maximum absolute atomic E-state index is 14.1. The number of benzene rings is 1. The largest absolute Gasteiger partial charge is 0.390 e. The first kappa shape index (κ1) is 25.2. The summed E-state index contributed by atoms with van der Waals surface area (Å²) in [6, 6.07) is 4.92. The molecule has 0 unspecified atom stereocenters. The Balaban J connectivity index is 1.14. The zero-order chi connectivity index (χ0) is 26.7. The van der Waals surface area contributed by atoms with Crippen LogP contribution >= 0.6 is 0 Å². The fourth-order valence-corrected chi connectivity index (χ4v) is 6.35. The molecule has 0 spiro atoms. The predicted molar refractivity (Wildman–Crippen MR) is 133 cm³/mol. The van der Waals surface area contributed by atoms with Crippen LogP contribution in [0, 0.1) is 12.8 Å². The Morgan fingerprint density at radius 3 is 2.61 bits per heavy atom. The fraction of sp³-hybridized carbons (Fsp3) is 0.593. The van der Waals surface area contributed by atoms with Gasteiger partial charge in [-0.15, -0.1) is 0 Å². The third-order valence-electron chi connectivity index (χ3n) is 8.68. The van der Waals surface area contributed by atoms with Crippen molar-refractivity contribution in [1.82, 2.24) is 19.6 Å². The van der Waals surface area contributed by atoms with E-state index in [9.17, 15) is 27.9 Å². The molecule has 2 aromatic rings. The number of halogens is 3. The quantitative estimate of drug-likeness (QED) is 0.642. The van der Waals surface area contributed by atoms with Crippen LogP contribution in [-0.2, 0) is 17.8 Å². The minimum atomic E-state index is -2.53. The molecule has 11 heteroatoms. The second-order valence-electron chi connectivity index (χ2n) is 11.0. The molecular weight excluding hydrogens is 499 g/mol. The van der Waals surface area contributed by atoms with Gasteiger partial charge in [-0.1, -0.05) is 12.1 Å². The van der Waals surface area contributed by atoms with Crippen molar-refractivity contribution in [3.05, 3.63) is 46.3 Å². The number of amides is 2. The van der Waals surface area contributed by atoms with E-state index >= 15 is 0 Å². The number of aromatic nitrogens is 2. The van der Waals surface area contributed by atoms with E-state index in [1.54, 1.807) is 22.6 Å². The highest BCUT2D eigenvalue weighted by atomic mass is 19.3. The van der Waals surface area contributed by atoms with E-state index in [2.05, 4.69) is 5.10 Å². The number of carbonyl (C=O) groups excluding carboxylic acids is 2. The number of likely N-dealkylation sites (tertiary alicyclic amines) is 1. The monoisotopic (exact) mass is 531 g/mol. The number of piperazine rings is 1. The lowest BCUT2D eigenvalue weighted by Gasteiger charge is -2.37. The van der Waals surface area contributed by atoms with Crippen LogP contribution in [0.4, 0.5) is 18.9 Å². The zero-order valence-corrected chi connectivity index (χ0v) is 21.3. The molecule has 4 aliphatic rings. The van der Waals surface area contributed by atoms with Gasteiger partial charge in [0.25, 0.3) is 12.3 Å². The molecule has 2 amide bonds. The highest BCUT2D eigenvalue weighted by Crippen LogP contribution is 2.57. The molecule has 2 aliphatic carbocycles. The summed E-state index contributed by atoms with van der Waals surface area (Å²) in [4.78, 5) is 31.8. The molecule has 1 aromatic carbocycles. The fourth-order valence-electron chi connectivity index (χ4n) is 6.35. The maximum atomic E-state index is 14.1. The minimum Gasteiger partial charge on any atom is -0.390 e. The third kappa shape index (κ3) is 4.34. The van der Waals surface area contributed by atoms with Gasteiger partial charge in [0.15, 0.2) is 5.69 Å². The first-order valence-electron chi connectivity index (χ1n) is 13.3. The Kier molecular flexibility index (Phi) is 6.36. The zero-order valence-electron chi connectivity index (χ0n) is 21.3. The number of alkyl halides is 3. The number of aliphatic hydroxyl groups is 1. The van der Waals surface area contributed by atoms with E-state index in [4.69, 9.17) is 0 Å². The van der Waals surface area contributed by atoms with Crippen molar-refractivity contribution < 1.29 is 27.9 Å². The smallest absolute Gasteiger partial charge is 0.274 e. The van der Waals surface area contributed by atoms with Gasteiger partial charge in [0.2, 0.25) is 5.91 Å².